The minimum Gasteiger partial charge on any atom is -0.475 e. The maximum absolute atomic E-state index is 11.7. The van der Waals surface area contributed by atoms with Gasteiger partial charge in [0, 0.05) is 11.3 Å². The monoisotopic (exact) mass is 255 g/mol. The molecule has 0 bridgehead atoms. The zero-order chi connectivity index (χ0) is 12.5. The molecule has 2 N–H and O–H groups in total. The molecule has 0 saturated heterocycles. The summed E-state index contributed by atoms with van der Waals surface area (Å²) in [5.41, 5.74) is 0. The van der Waals surface area contributed by atoms with Crippen molar-refractivity contribution in [3.63, 3.8) is 0 Å². The van der Waals surface area contributed by atoms with Gasteiger partial charge >= 0.3 is 5.97 Å². The van der Waals surface area contributed by atoms with Crippen molar-refractivity contribution in [2.24, 2.45) is 0 Å². The van der Waals surface area contributed by atoms with Crippen molar-refractivity contribution in [3.05, 3.63) is 23.7 Å². The van der Waals surface area contributed by atoms with Crippen molar-refractivity contribution in [2.75, 3.05) is 12.8 Å². The van der Waals surface area contributed by atoms with E-state index in [-0.39, 0.29) is 22.2 Å². The molecule has 1 aromatic rings. The van der Waals surface area contributed by atoms with Crippen LogP contribution in [0.4, 0.5) is 0 Å². The van der Waals surface area contributed by atoms with Crippen molar-refractivity contribution in [2.45, 2.75) is 17.6 Å². The predicted octanol–water partition coefficient (Wildman–Crippen LogP) is 1.60. The molecule has 1 heterocycles. The molecule has 0 radical (unpaired) electrons. The molecular formula is C11H13NO4S. The summed E-state index contributed by atoms with van der Waals surface area (Å²) >= 11 is 1.75. The van der Waals surface area contributed by atoms with Crippen molar-refractivity contribution in [3.8, 4) is 0 Å². The number of amides is 1. The molecule has 0 spiro atoms. The first-order valence-corrected chi connectivity index (χ1v) is 6.45. The van der Waals surface area contributed by atoms with Crippen LogP contribution >= 0.6 is 11.8 Å². The van der Waals surface area contributed by atoms with Gasteiger partial charge in [0.2, 0.25) is 5.76 Å². The fourth-order valence-corrected chi connectivity index (χ4v) is 2.22. The van der Waals surface area contributed by atoms with E-state index in [0.717, 1.165) is 12.8 Å². The summed E-state index contributed by atoms with van der Waals surface area (Å²) < 4.78 is 5.09. The zero-order valence-corrected chi connectivity index (χ0v) is 10.2. The summed E-state index contributed by atoms with van der Waals surface area (Å²) in [4.78, 5) is 22.2. The summed E-state index contributed by atoms with van der Waals surface area (Å²) in [5, 5.41) is 11.4. The van der Waals surface area contributed by atoms with Crippen molar-refractivity contribution < 1.29 is 19.1 Å². The maximum Gasteiger partial charge on any atom is 0.371 e. The second kappa shape index (κ2) is 4.44. The van der Waals surface area contributed by atoms with Gasteiger partial charge in [0.05, 0.1) is 0 Å². The lowest BCUT2D eigenvalue weighted by molar-refractivity contribution is 0.0659. The van der Waals surface area contributed by atoms with Gasteiger partial charge in [-0.1, -0.05) is 0 Å². The fourth-order valence-electron chi connectivity index (χ4n) is 1.50. The summed E-state index contributed by atoms with van der Waals surface area (Å²) in [6.45, 7) is 0.593. The molecule has 0 unspecified atom stereocenters. The van der Waals surface area contributed by atoms with Gasteiger partial charge < -0.3 is 14.8 Å². The van der Waals surface area contributed by atoms with Gasteiger partial charge in [-0.2, -0.15) is 11.8 Å². The molecule has 1 aliphatic rings. The number of hydrogen-bond acceptors (Lipinski definition) is 4. The second-order valence-corrected chi connectivity index (χ2v) is 5.31. The van der Waals surface area contributed by atoms with E-state index in [4.69, 9.17) is 9.52 Å². The smallest absolute Gasteiger partial charge is 0.371 e. The average molecular weight is 255 g/mol. The summed E-state index contributed by atoms with van der Waals surface area (Å²) in [6.07, 6.45) is 4.23. The Kier molecular flexibility index (Phi) is 3.15. The minimum atomic E-state index is -1.17. The van der Waals surface area contributed by atoms with Gasteiger partial charge in [-0.05, 0) is 31.2 Å². The van der Waals surface area contributed by atoms with Gasteiger partial charge in [-0.3, -0.25) is 4.79 Å². The van der Waals surface area contributed by atoms with E-state index < -0.39 is 5.97 Å². The Balaban J connectivity index is 1.93. The van der Waals surface area contributed by atoms with E-state index in [1.165, 1.54) is 12.1 Å². The van der Waals surface area contributed by atoms with Gasteiger partial charge in [-0.25, -0.2) is 4.79 Å². The lowest BCUT2D eigenvalue weighted by Gasteiger charge is -2.11. The van der Waals surface area contributed by atoms with Crippen molar-refractivity contribution in [1.82, 2.24) is 5.32 Å². The zero-order valence-electron chi connectivity index (χ0n) is 9.36. The predicted molar refractivity (Wildman–Crippen MR) is 63.5 cm³/mol. The largest absolute Gasteiger partial charge is 0.475 e. The van der Waals surface area contributed by atoms with Crippen LogP contribution in [0.15, 0.2) is 16.5 Å². The third kappa shape index (κ3) is 2.63. The highest BCUT2D eigenvalue weighted by atomic mass is 32.2. The van der Waals surface area contributed by atoms with E-state index in [9.17, 15) is 9.59 Å². The Morgan fingerprint density at radius 3 is 2.59 bits per heavy atom. The van der Waals surface area contributed by atoms with Gasteiger partial charge in [0.1, 0.15) is 0 Å². The first-order chi connectivity index (χ1) is 8.06. The number of aromatic carboxylic acids is 1. The number of carboxylic acids is 1. The number of hydrogen-bond donors (Lipinski definition) is 2. The van der Waals surface area contributed by atoms with Crippen LogP contribution in [0.25, 0.3) is 0 Å². The Bertz CT molecular complexity index is 450. The second-order valence-electron chi connectivity index (χ2n) is 4.04. The molecule has 1 aromatic heterocycles. The maximum atomic E-state index is 11.7. The lowest BCUT2D eigenvalue weighted by Crippen LogP contribution is -2.31. The quantitative estimate of drug-likeness (QED) is 0.835. The Morgan fingerprint density at radius 2 is 2.12 bits per heavy atom. The molecule has 1 amide bonds. The van der Waals surface area contributed by atoms with E-state index in [1.54, 1.807) is 11.8 Å². The number of furan rings is 1. The molecule has 1 saturated carbocycles. The lowest BCUT2D eigenvalue weighted by atomic mass is 10.3. The highest BCUT2D eigenvalue weighted by Gasteiger charge is 2.42. The SMILES string of the molecule is CSC1(CNC(=O)c2ccc(C(=O)O)o2)CC1. The third-order valence-electron chi connectivity index (χ3n) is 2.85. The average Bonchev–Trinajstić information content (AvgIpc) is 2.92. The minimum absolute atomic E-state index is 0.0410. The molecule has 17 heavy (non-hydrogen) atoms. The molecule has 0 atom stereocenters. The van der Waals surface area contributed by atoms with Crippen LogP contribution in [0.2, 0.25) is 0 Å². The number of carbonyl (C=O) groups is 2. The number of nitrogens with one attached hydrogen (secondary N) is 1. The summed E-state index contributed by atoms with van der Waals surface area (Å²) in [5.74, 6) is -1.72. The van der Waals surface area contributed by atoms with Crippen molar-refractivity contribution >= 4 is 23.6 Å². The molecule has 2 rings (SSSR count). The molecule has 0 aliphatic heterocycles. The molecular weight excluding hydrogens is 242 g/mol. The van der Waals surface area contributed by atoms with Crippen LogP contribution in [-0.4, -0.2) is 34.5 Å². The summed E-state index contributed by atoms with van der Waals surface area (Å²) in [7, 11) is 0. The molecule has 1 fully saturated rings. The first kappa shape index (κ1) is 12.0. The van der Waals surface area contributed by atoms with Crippen LogP contribution < -0.4 is 5.32 Å². The van der Waals surface area contributed by atoms with Crippen molar-refractivity contribution in [1.29, 1.82) is 0 Å². The summed E-state index contributed by atoms with van der Waals surface area (Å²) in [6, 6.07) is 2.65. The number of rotatable bonds is 5. The van der Waals surface area contributed by atoms with Gasteiger partial charge in [-0.15, -0.1) is 0 Å². The van der Waals surface area contributed by atoms with Crippen LogP contribution in [0.5, 0.6) is 0 Å². The number of thioether (sulfide) groups is 1. The molecule has 5 nitrogen and oxygen atoms in total. The van der Waals surface area contributed by atoms with Gasteiger partial charge in [0.15, 0.2) is 5.76 Å². The molecule has 0 aromatic carbocycles. The molecule has 6 heteroatoms. The Morgan fingerprint density at radius 1 is 1.47 bits per heavy atom. The fraction of sp³-hybridized carbons (Fsp3) is 0.455. The van der Waals surface area contributed by atoms with Crippen LogP contribution in [0, 0.1) is 0 Å². The van der Waals surface area contributed by atoms with Crippen LogP contribution in [-0.2, 0) is 0 Å². The highest BCUT2D eigenvalue weighted by Crippen LogP contribution is 2.46. The third-order valence-corrected chi connectivity index (χ3v) is 4.27. The van der Waals surface area contributed by atoms with Crippen LogP contribution in [0.1, 0.15) is 34.0 Å². The molecule has 92 valence electrons. The van der Waals surface area contributed by atoms with E-state index in [1.807, 2.05) is 6.26 Å². The highest BCUT2D eigenvalue weighted by molar-refractivity contribution is 8.00. The Hall–Kier alpha value is -1.43. The van der Waals surface area contributed by atoms with E-state index >= 15 is 0 Å². The van der Waals surface area contributed by atoms with E-state index in [0.29, 0.717) is 6.54 Å². The first-order valence-electron chi connectivity index (χ1n) is 5.23. The molecule has 1 aliphatic carbocycles. The number of carboxylic acid groups (broad SMARTS) is 1. The normalized spacial score (nSPS) is 16.5. The Labute approximate surface area is 103 Å². The van der Waals surface area contributed by atoms with Crippen LogP contribution in [0.3, 0.4) is 0 Å². The van der Waals surface area contributed by atoms with Gasteiger partial charge in [0.25, 0.3) is 5.91 Å². The standard InChI is InChI=1S/C11H13NO4S/c1-17-11(4-5-11)6-12-9(13)7-2-3-8(16-7)10(14)15/h2-3H,4-6H2,1H3,(H,12,13)(H,14,15). The number of carbonyl (C=O) groups excluding carboxylic acids is 1. The van der Waals surface area contributed by atoms with E-state index in [2.05, 4.69) is 5.32 Å². The topological polar surface area (TPSA) is 79.5 Å².